The molecule has 4 aromatic rings. The number of nitrogens with one attached hydrogen (secondary N) is 1. The Morgan fingerprint density at radius 3 is 2.76 bits per heavy atom. The fraction of sp³-hybridized carbons (Fsp3) is 0.259. The molecule has 0 saturated carbocycles. The van der Waals surface area contributed by atoms with E-state index in [4.69, 9.17) is 16.3 Å². The van der Waals surface area contributed by atoms with Gasteiger partial charge >= 0.3 is 0 Å². The third kappa shape index (κ3) is 8.15. The van der Waals surface area contributed by atoms with E-state index in [1.165, 1.54) is 36.1 Å². The normalized spacial score (nSPS) is 11.2. The van der Waals surface area contributed by atoms with Crippen molar-refractivity contribution < 1.29 is 17.5 Å². The van der Waals surface area contributed by atoms with Crippen molar-refractivity contribution in [3.05, 3.63) is 76.1 Å². The molecule has 0 unspecified atom stereocenters. The van der Waals surface area contributed by atoms with Crippen LogP contribution in [0.25, 0.3) is 10.2 Å². The van der Waals surface area contributed by atoms with Gasteiger partial charge < -0.3 is 10.1 Å². The van der Waals surface area contributed by atoms with E-state index in [1.54, 1.807) is 24.3 Å². The monoisotopic (exact) mass is 557 g/mol. The smallest absolute Gasteiger partial charge is 0.151 e. The zero-order chi connectivity index (χ0) is 26.3. The summed E-state index contributed by atoms with van der Waals surface area (Å²) in [7, 11) is -2.90. The van der Waals surface area contributed by atoms with Gasteiger partial charge in [0, 0.05) is 24.1 Å². The van der Waals surface area contributed by atoms with Crippen LogP contribution < -0.4 is 10.1 Å². The predicted molar refractivity (Wildman–Crippen MR) is 148 cm³/mol. The highest BCUT2D eigenvalue weighted by molar-refractivity contribution is 7.90. The molecule has 0 atom stereocenters. The second kappa shape index (κ2) is 12.4. The van der Waals surface area contributed by atoms with Gasteiger partial charge in [-0.25, -0.2) is 22.8 Å². The summed E-state index contributed by atoms with van der Waals surface area (Å²) >= 11 is 7.92. The Labute approximate surface area is 224 Å². The van der Waals surface area contributed by atoms with E-state index in [0.29, 0.717) is 35.0 Å². The number of anilines is 2. The number of aromatic nitrogens is 2. The summed E-state index contributed by atoms with van der Waals surface area (Å²) in [6.45, 7) is 0.205. The molecule has 2 aromatic heterocycles. The number of ether oxygens (including phenoxy) is 1. The van der Waals surface area contributed by atoms with Gasteiger partial charge in [0.15, 0.2) is 5.82 Å². The van der Waals surface area contributed by atoms with Gasteiger partial charge in [-0.15, -0.1) is 11.3 Å². The molecule has 37 heavy (non-hydrogen) atoms. The first-order valence-corrected chi connectivity index (χ1v) is 14.9. The first-order chi connectivity index (χ1) is 17.8. The van der Waals surface area contributed by atoms with Crippen LogP contribution in [0.5, 0.6) is 5.75 Å². The first kappa shape index (κ1) is 26.9. The minimum absolute atomic E-state index is 0.205. The zero-order valence-corrected chi connectivity index (χ0v) is 22.5. The molecule has 0 spiro atoms. The highest BCUT2D eigenvalue weighted by Crippen LogP contribution is 2.33. The fourth-order valence-corrected chi connectivity index (χ4v) is 5.42. The average Bonchev–Trinajstić information content (AvgIpc) is 3.26. The number of thiophene rings is 1. The van der Waals surface area contributed by atoms with Crippen LogP contribution >= 0.6 is 22.9 Å². The Bertz CT molecular complexity index is 1560. The molecule has 192 valence electrons. The van der Waals surface area contributed by atoms with E-state index < -0.39 is 9.84 Å². The molecule has 6 nitrogen and oxygen atoms in total. The number of rotatable bonds is 10. The average molecular weight is 558 g/mol. The fourth-order valence-electron chi connectivity index (χ4n) is 3.53. The van der Waals surface area contributed by atoms with Crippen LogP contribution in [0.3, 0.4) is 0 Å². The number of sulfone groups is 1. The predicted octanol–water partition coefficient (Wildman–Crippen LogP) is 6.76. The van der Waals surface area contributed by atoms with Crippen LogP contribution in [0.4, 0.5) is 15.9 Å². The number of fused-ring (bicyclic) bond motifs is 1. The zero-order valence-electron chi connectivity index (χ0n) is 20.1. The van der Waals surface area contributed by atoms with Crippen molar-refractivity contribution in [2.45, 2.75) is 32.3 Å². The number of hydrogen-bond donors (Lipinski definition) is 1. The second-order valence-corrected chi connectivity index (χ2v) is 12.2. The molecule has 0 aliphatic rings. The minimum Gasteiger partial charge on any atom is -0.487 e. The van der Waals surface area contributed by atoms with Gasteiger partial charge in [0.2, 0.25) is 0 Å². The third-order valence-electron chi connectivity index (χ3n) is 5.32. The molecule has 4 rings (SSSR count). The molecule has 10 heteroatoms. The van der Waals surface area contributed by atoms with E-state index >= 15 is 0 Å². The van der Waals surface area contributed by atoms with Gasteiger partial charge in [-0.2, -0.15) is 0 Å². The maximum atomic E-state index is 13.4. The maximum absolute atomic E-state index is 13.4. The van der Waals surface area contributed by atoms with Crippen LogP contribution in [-0.4, -0.2) is 30.4 Å². The van der Waals surface area contributed by atoms with Crippen LogP contribution in [-0.2, 0) is 16.4 Å². The Balaban J connectivity index is 1.37. The lowest BCUT2D eigenvalue weighted by atomic mass is 10.2. The molecule has 0 saturated heterocycles. The Hall–Kier alpha value is -3.19. The first-order valence-electron chi connectivity index (χ1n) is 11.6. The quantitative estimate of drug-likeness (QED) is 0.171. The van der Waals surface area contributed by atoms with Crippen molar-refractivity contribution >= 4 is 54.5 Å². The number of halogens is 2. The molecule has 0 radical (unpaired) electrons. The van der Waals surface area contributed by atoms with Gasteiger partial charge in [0.05, 0.1) is 20.1 Å². The van der Waals surface area contributed by atoms with Crippen LogP contribution in [0.2, 0.25) is 5.02 Å². The van der Waals surface area contributed by atoms with Crippen molar-refractivity contribution in [1.29, 1.82) is 0 Å². The lowest BCUT2D eigenvalue weighted by Gasteiger charge is -2.11. The summed E-state index contributed by atoms with van der Waals surface area (Å²) in [5, 5.41) is 3.70. The van der Waals surface area contributed by atoms with E-state index in [0.717, 1.165) is 33.6 Å². The largest absolute Gasteiger partial charge is 0.487 e. The van der Waals surface area contributed by atoms with Gasteiger partial charge in [-0.3, -0.25) is 0 Å². The van der Waals surface area contributed by atoms with E-state index in [2.05, 4.69) is 27.1 Å². The van der Waals surface area contributed by atoms with Gasteiger partial charge in [-0.1, -0.05) is 42.0 Å². The van der Waals surface area contributed by atoms with Gasteiger partial charge in [-0.05, 0) is 54.8 Å². The molecule has 2 heterocycles. The Morgan fingerprint density at radius 2 is 1.97 bits per heavy atom. The second-order valence-electron chi connectivity index (χ2n) is 8.48. The van der Waals surface area contributed by atoms with E-state index in [1.807, 2.05) is 12.1 Å². The van der Waals surface area contributed by atoms with Crippen molar-refractivity contribution in [2.75, 3.05) is 17.3 Å². The number of benzene rings is 2. The van der Waals surface area contributed by atoms with Crippen molar-refractivity contribution in [1.82, 2.24) is 9.97 Å². The highest BCUT2D eigenvalue weighted by Gasteiger charge is 2.10. The summed E-state index contributed by atoms with van der Waals surface area (Å²) in [4.78, 5) is 9.61. The number of hydrogen-bond acceptors (Lipinski definition) is 7. The van der Waals surface area contributed by atoms with Crippen molar-refractivity contribution in [2.24, 2.45) is 0 Å². The van der Waals surface area contributed by atoms with E-state index in [-0.39, 0.29) is 18.2 Å². The van der Waals surface area contributed by atoms with E-state index in [9.17, 15) is 12.8 Å². The number of unbranched alkanes of at least 4 members (excludes halogenated alkanes) is 3. The molecule has 0 bridgehead atoms. The molecule has 0 amide bonds. The Kier molecular flexibility index (Phi) is 8.98. The topological polar surface area (TPSA) is 81.2 Å². The van der Waals surface area contributed by atoms with Gasteiger partial charge in [0.25, 0.3) is 0 Å². The van der Waals surface area contributed by atoms with Crippen molar-refractivity contribution in [3.63, 3.8) is 0 Å². The molecule has 0 aliphatic carbocycles. The lowest BCUT2D eigenvalue weighted by Crippen LogP contribution is -2.02. The minimum atomic E-state index is -2.90. The molecule has 0 aliphatic heterocycles. The third-order valence-corrected chi connectivity index (χ3v) is 7.69. The van der Waals surface area contributed by atoms with Crippen LogP contribution in [0.1, 0.15) is 36.1 Å². The molecular weight excluding hydrogens is 533 g/mol. The van der Waals surface area contributed by atoms with Gasteiger partial charge in [0.1, 0.15) is 34.3 Å². The lowest BCUT2D eigenvalue weighted by molar-refractivity contribution is 0.306. The summed E-state index contributed by atoms with van der Waals surface area (Å²) in [6.07, 6.45) is 5.83. The van der Waals surface area contributed by atoms with Crippen LogP contribution in [0.15, 0.2) is 54.9 Å². The maximum Gasteiger partial charge on any atom is 0.151 e. The number of nitrogens with zero attached hydrogens (tertiary/aromatic N) is 2. The standard InChI is InChI=1S/C27H25ClFN3O3S2/c1-37(33,34)13-6-4-2-3-5-10-22-16-24-26(36-22)27(31-18-30-24)32-21-11-12-25(23(28)15-21)35-17-19-8-7-9-20(29)14-19/h7-9,11-12,14-16,18H,2-4,6,13,17H2,1H3,(H,30,31,32). The van der Waals surface area contributed by atoms with Crippen molar-refractivity contribution in [3.8, 4) is 17.6 Å². The van der Waals surface area contributed by atoms with Crippen LogP contribution in [0, 0.1) is 17.7 Å². The summed E-state index contributed by atoms with van der Waals surface area (Å²) < 4.78 is 42.4. The highest BCUT2D eigenvalue weighted by atomic mass is 35.5. The SMILES string of the molecule is CS(=O)(=O)CCCCCC#Cc1cc2ncnc(Nc3ccc(OCc4cccc(F)c4)c(Cl)c3)c2s1. The Morgan fingerprint density at radius 1 is 1.11 bits per heavy atom. The molecule has 2 aromatic carbocycles. The molecule has 0 fully saturated rings. The molecule has 1 N–H and O–H groups in total. The summed E-state index contributed by atoms with van der Waals surface area (Å²) in [5.74, 6) is 7.39. The molecular formula is C27H25ClFN3O3S2. The summed E-state index contributed by atoms with van der Waals surface area (Å²) in [5.41, 5.74) is 2.24. The summed E-state index contributed by atoms with van der Waals surface area (Å²) in [6, 6.07) is 13.5.